The van der Waals surface area contributed by atoms with E-state index < -0.39 is 0 Å². The Labute approximate surface area is 86.0 Å². The number of carbonyl (C=O) groups excluding carboxylic acids is 1. The number of nitrogens with zero attached hydrogens (tertiary/aromatic N) is 2. The van der Waals surface area contributed by atoms with Gasteiger partial charge in [-0.1, -0.05) is 0 Å². The second-order valence-electron chi connectivity index (χ2n) is 4.10. The van der Waals surface area contributed by atoms with Crippen molar-refractivity contribution < 1.29 is 4.79 Å². The number of rotatable bonds is 4. The molecule has 2 N–H and O–H groups in total. The summed E-state index contributed by atoms with van der Waals surface area (Å²) in [5.74, 6) is 0. The van der Waals surface area contributed by atoms with Crippen molar-refractivity contribution in [3.05, 3.63) is 0 Å². The molecule has 0 atom stereocenters. The third-order valence-electron chi connectivity index (χ3n) is 2.75. The van der Waals surface area contributed by atoms with Gasteiger partial charge in [0.25, 0.3) is 0 Å². The molecule has 82 valence electrons. The Morgan fingerprint density at radius 3 is 2.43 bits per heavy atom. The van der Waals surface area contributed by atoms with Gasteiger partial charge in [0.1, 0.15) is 0 Å². The third kappa shape index (κ3) is 2.61. The number of amides is 2. The molecular weight excluding hydrogens is 178 g/mol. The summed E-state index contributed by atoms with van der Waals surface area (Å²) in [6.45, 7) is 1.46. The van der Waals surface area contributed by atoms with Crippen molar-refractivity contribution >= 4 is 6.03 Å². The summed E-state index contributed by atoms with van der Waals surface area (Å²) in [7, 11) is 3.60. The van der Waals surface area contributed by atoms with Crippen LogP contribution >= 0.6 is 0 Å². The Hall–Kier alpha value is -0.770. The summed E-state index contributed by atoms with van der Waals surface area (Å²) in [5.41, 5.74) is 5.46. The zero-order chi connectivity index (χ0) is 10.6. The molecule has 4 heteroatoms. The van der Waals surface area contributed by atoms with Crippen LogP contribution in [0.3, 0.4) is 0 Å². The molecule has 1 aliphatic carbocycles. The van der Waals surface area contributed by atoms with Crippen LogP contribution in [0.1, 0.15) is 25.7 Å². The van der Waals surface area contributed by atoms with E-state index in [2.05, 4.69) is 0 Å². The van der Waals surface area contributed by atoms with Crippen molar-refractivity contribution in [1.82, 2.24) is 9.80 Å². The van der Waals surface area contributed by atoms with E-state index in [1.807, 2.05) is 4.90 Å². The van der Waals surface area contributed by atoms with Crippen molar-refractivity contribution in [1.29, 1.82) is 0 Å². The summed E-state index contributed by atoms with van der Waals surface area (Å²) < 4.78 is 0. The Morgan fingerprint density at radius 1 is 1.43 bits per heavy atom. The largest absolute Gasteiger partial charge is 0.331 e. The lowest BCUT2D eigenvalue weighted by atomic mass is 9.91. The number of hydrogen-bond acceptors (Lipinski definition) is 2. The monoisotopic (exact) mass is 199 g/mol. The average molecular weight is 199 g/mol. The zero-order valence-electron chi connectivity index (χ0n) is 9.20. The maximum atomic E-state index is 11.8. The number of carbonyl (C=O) groups is 1. The van der Waals surface area contributed by atoms with Crippen LogP contribution in [0.2, 0.25) is 0 Å². The Kier molecular flexibility index (Phi) is 4.20. The van der Waals surface area contributed by atoms with E-state index in [0.29, 0.717) is 12.6 Å². The number of hydrogen-bond donors (Lipinski definition) is 1. The predicted octanol–water partition coefficient (Wildman–Crippen LogP) is 0.871. The molecule has 0 unspecified atom stereocenters. The predicted molar refractivity (Wildman–Crippen MR) is 57.1 cm³/mol. The summed E-state index contributed by atoms with van der Waals surface area (Å²) in [4.78, 5) is 15.4. The molecule has 0 saturated heterocycles. The van der Waals surface area contributed by atoms with Gasteiger partial charge in [-0.05, 0) is 32.2 Å². The van der Waals surface area contributed by atoms with E-state index in [9.17, 15) is 4.79 Å². The van der Waals surface area contributed by atoms with Crippen LogP contribution in [-0.4, -0.2) is 49.1 Å². The molecule has 1 aliphatic rings. The van der Waals surface area contributed by atoms with Crippen LogP contribution < -0.4 is 5.73 Å². The molecular formula is C10H21N3O. The van der Waals surface area contributed by atoms with Crippen molar-refractivity contribution in [2.24, 2.45) is 5.73 Å². The highest BCUT2D eigenvalue weighted by Gasteiger charge is 2.28. The normalized spacial score (nSPS) is 16.2. The molecule has 0 aromatic carbocycles. The van der Waals surface area contributed by atoms with Crippen LogP contribution in [0.25, 0.3) is 0 Å². The molecule has 0 bridgehead atoms. The van der Waals surface area contributed by atoms with Gasteiger partial charge in [0.05, 0.1) is 0 Å². The Balaban J connectivity index is 2.46. The maximum Gasteiger partial charge on any atom is 0.319 e. The molecule has 0 aliphatic heterocycles. The fourth-order valence-electron chi connectivity index (χ4n) is 1.65. The molecule has 14 heavy (non-hydrogen) atoms. The van der Waals surface area contributed by atoms with Crippen LogP contribution in [0.15, 0.2) is 0 Å². The minimum absolute atomic E-state index is 0.128. The summed E-state index contributed by atoms with van der Waals surface area (Å²) >= 11 is 0. The third-order valence-corrected chi connectivity index (χ3v) is 2.75. The zero-order valence-corrected chi connectivity index (χ0v) is 9.20. The van der Waals surface area contributed by atoms with Gasteiger partial charge in [-0.15, -0.1) is 0 Å². The first-order chi connectivity index (χ1) is 6.66. The molecule has 0 radical (unpaired) electrons. The van der Waals surface area contributed by atoms with Gasteiger partial charge in [-0.25, -0.2) is 4.79 Å². The van der Waals surface area contributed by atoms with Gasteiger partial charge in [0, 0.05) is 26.7 Å². The fourth-order valence-corrected chi connectivity index (χ4v) is 1.65. The first-order valence-electron chi connectivity index (χ1n) is 5.34. The fraction of sp³-hybridized carbons (Fsp3) is 0.900. The van der Waals surface area contributed by atoms with Crippen LogP contribution in [0.5, 0.6) is 0 Å². The SMILES string of the molecule is CN(C)C(=O)N(CCCN)C1CCC1. The first-order valence-corrected chi connectivity index (χ1v) is 5.34. The van der Waals surface area contributed by atoms with E-state index in [4.69, 9.17) is 5.73 Å². The summed E-state index contributed by atoms with van der Waals surface area (Å²) in [5, 5.41) is 0. The van der Waals surface area contributed by atoms with Crippen LogP contribution in [-0.2, 0) is 0 Å². The molecule has 0 spiro atoms. The van der Waals surface area contributed by atoms with E-state index in [1.54, 1.807) is 19.0 Å². The van der Waals surface area contributed by atoms with Crippen molar-refractivity contribution in [3.8, 4) is 0 Å². The lowest BCUT2D eigenvalue weighted by molar-refractivity contribution is 0.117. The topological polar surface area (TPSA) is 49.6 Å². The van der Waals surface area contributed by atoms with Gasteiger partial charge >= 0.3 is 6.03 Å². The molecule has 1 saturated carbocycles. The van der Waals surface area contributed by atoms with Crippen molar-refractivity contribution in [2.75, 3.05) is 27.2 Å². The van der Waals surface area contributed by atoms with Crippen LogP contribution in [0.4, 0.5) is 4.79 Å². The molecule has 0 aromatic heterocycles. The second-order valence-corrected chi connectivity index (χ2v) is 4.10. The first kappa shape index (κ1) is 11.3. The highest BCUT2D eigenvalue weighted by Crippen LogP contribution is 2.25. The minimum atomic E-state index is 0.128. The lowest BCUT2D eigenvalue weighted by Crippen LogP contribution is -2.49. The van der Waals surface area contributed by atoms with E-state index in [-0.39, 0.29) is 6.03 Å². The lowest BCUT2D eigenvalue weighted by Gasteiger charge is -2.38. The maximum absolute atomic E-state index is 11.8. The molecule has 4 nitrogen and oxygen atoms in total. The molecule has 1 fully saturated rings. The van der Waals surface area contributed by atoms with Crippen molar-refractivity contribution in [2.45, 2.75) is 31.7 Å². The quantitative estimate of drug-likeness (QED) is 0.730. The van der Waals surface area contributed by atoms with Gasteiger partial charge in [0.2, 0.25) is 0 Å². The van der Waals surface area contributed by atoms with Gasteiger partial charge in [-0.3, -0.25) is 0 Å². The van der Waals surface area contributed by atoms with Gasteiger partial charge in [-0.2, -0.15) is 0 Å². The highest BCUT2D eigenvalue weighted by molar-refractivity contribution is 5.74. The Morgan fingerprint density at radius 2 is 2.07 bits per heavy atom. The second kappa shape index (κ2) is 5.20. The summed E-state index contributed by atoms with van der Waals surface area (Å²) in [6.07, 6.45) is 4.47. The molecule has 0 aromatic rings. The van der Waals surface area contributed by atoms with Crippen molar-refractivity contribution in [3.63, 3.8) is 0 Å². The molecule has 2 amide bonds. The smallest absolute Gasteiger partial charge is 0.319 e. The van der Waals surface area contributed by atoms with E-state index >= 15 is 0 Å². The molecule has 1 rings (SSSR count). The van der Waals surface area contributed by atoms with Crippen LogP contribution in [0, 0.1) is 0 Å². The standard InChI is InChI=1S/C10H21N3O/c1-12(2)10(14)13(8-4-7-11)9-5-3-6-9/h9H,3-8,11H2,1-2H3. The average Bonchev–Trinajstić information content (AvgIpc) is 2.07. The van der Waals surface area contributed by atoms with E-state index in [1.165, 1.54) is 6.42 Å². The summed E-state index contributed by atoms with van der Waals surface area (Å²) in [6, 6.07) is 0.597. The minimum Gasteiger partial charge on any atom is -0.331 e. The van der Waals surface area contributed by atoms with Gasteiger partial charge < -0.3 is 15.5 Å². The molecule has 0 heterocycles. The number of nitrogens with two attached hydrogens (primary N) is 1. The van der Waals surface area contributed by atoms with Gasteiger partial charge in [0.15, 0.2) is 0 Å². The Bertz CT molecular complexity index is 190. The van der Waals surface area contributed by atoms with E-state index in [0.717, 1.165) is 25.8 Å². The highest BCUT2D eigenvalue weighted by atomic mass is 16.2. The number of urea groups is 1.